The Morgan fingerprint density at radius 1 is 1.32 bits per heavy atom. The molecule has 1 saturated carbocycles. The lowest BCUT2D eigenvalue weighted by Crippen LogP contribution is -2.40. The lowest BCUT2D eigenvalue weighted by molar-refractivity contribution is -0.146. The lowest BCUT2D eigenvalue weighted by Gasteiger charge is -2.19. The number of aliphatic hydroxyl groups is 1. The molecule has 4 atom stereocenters. The van der Waals surface area contributed by atoms with Gasteiger partial charge in [-0.05, 0) is 38.5 Å². The van der Waals surface area contributed by atoms with E-state index in [0.717, 1.165) is 6.42 Å². The molecule has 0 aromatic heterocycles. The third-order valence-corrected chi connectivity index (χ3v) is 4.08. The van der Waals surface area contributed by atoms with Gasteiger partial charge in [0, 0.05) is 12.6 Å². The van der Waals surface area contributed by atoms with Gasteiger partial charge in [0.1, 0.15) is 0 Å². The summed E-state index contributed by atoms with van der Waals surface area (Å²) >= 11 is 0. The van der Waals surface area contributed by atoms with Crippen LogP contribution in [0.4, 0.5) is 0 Å². The molecule has 0 radical (unpaired) electrons. The summed E-state index contributed by atoms with van der Waals surface area (Å²) in [7, 11) is 0. The zero-order valence-corrected chi connectivity index (χ0v) is 11.8. The number of carboxylic acids is 1. The van der Waals surface area contributed by atoms with Gasteiger partial charge in [-0.1, -0.05) is 13.3 Å². The van der Waals surface area contributed by atoms with Crippen molar-refractivity contribution >= 4 is 11.9 Å². The molecule has 1 aliphatic carbocycles. The van der Waals surface area contributed by atoms with Crippen LogP contribution in [0.1, 0.15) is 46.0 Å². The molecule has 1 aliphatic rings. The van der Waals surface area contributed by atoms with Crippen molar-refractivity contribution in [3.05, 3.63) is 0 Å². The molecule has 0 bridgehead atoms. The van der Waals surface area contributed by atoms with Crippen LogP contribution in [0.3, 0.4) is 0 Å². The molecule has 0 heterocycles. The van der Waals surface area contributed by atoms with E-state index in [0.29, 0.717) is 31.6 Å². The van der Waals surface area contributed by atoms with E-state index >= 15 is 0 Å². The number of carbonyl (C=O) groups excluding carboxylic acids is 1. The number of rotatable bonds is 7. The molecule has 0 spiro atoms. The van der Waals surface area contributed by atoms with E-state index in [-0.39, 0.29) is 18.6 Å². The monoisotopic (exact) mass is 271 g/mol. The molecule has 0 aromatic carbocycles. The Bertz CT molecular complexity index is 319. The summed E-state index contributed by atoms with van der Waals surface area (Å²) in [5.41, 5.74) is 0. The molecule has 5 nitrogen and oxygen atoms in total. The van der Waals surface area contributed by atoms with Gasteiger partial charge in [-0.3, -0.25) is 9.59 Å². The summed E-state index contributed by atoms with van der Waals surface area (Å²) in [4.78, 5) is 23.4. The zero-order valence-electron chi connectivity index (χ0n) is 11.8. The molecular formula is C14H25NO4. The smallest absolute Gasteiger partial charge is 0.307 e. The van der Waals surface area contributed by atoms with E-state index in [1.54, 1.807) is 0 Å². The van der Waals surface area contributed by atoms with Crippen LogP contribution >= 0.6 is 0 Å². The number of nitrogens with one attached hydrogen (secondary N) is 1. The van der Waals surface area contributed by atoms with Crippen molar-refractivity contribution in [1.82, 2.24) is 5.32 Å². The SMILES string of the molecule is CCC1C[C@H](C(=O)NC(C)CCCO)[C@H](C(=O)O)C1. The van der Waals surface area contributed by atoms with Gasteiger partial charge in [-0.25, -0.2) is 0 Å². The van der Waals surface area contributed by atoms with Crippen molar-refractivity contribution in [2.45, 2.75) is 52.0 Å². The van der Waals surface area contributed by atoms with Crippen molar-refractivity contribution in [1.29, 1.82) is 0 Å². The highest BCUT2D eigenvalue weighted by molar-refractivity contribution is 5.85. The number of carbonyl (C=O) groups is 2. The van der Waals surface area contributed by atoms with E-state index in [9.17, 15) is 14.7 Å². The Morgan fingerprint density at radius 2 is 1.95 bits per heavy atom. The molecule has 110 valence electrons. The lowest BCUT2D eigenvalue weighted by atomic mass is 9.95. The number of hydrogen-bond donors (Lipinski definition) is 3. The summed E-state index contributed by atoms with van der Waals surface area (Å²) in [5.74, 6) is -1.62. The van der Waals surface area contributed by atoms with Crippen molar-refractivity contribution in [3.63, 3.8) is 0 Å². The molecule has 3 N–H and O–H groups in total. The normalized spacial score (nSPS) is 28.1. The summed E-state index contributed by atoms with van der Waals surface area (Å²) in [6.45, 7) is 4.03. The van der Waals surface area contributed by atoms with Crippen LogP contribution in [0.15, 0.2) is 0 Å². The second kappa shape index (κ2) is 7.48. The van der Waals surface area contributed by atoms with Crippen LogP contribution in [0.25, 0.3) is 0 Å². The fourth-order valence-electron chi connectivity index (χ4n) is 2.86. The average Bonchev–Trinajstić information content (AvgIpc) is 2.80. The number of aliphatic carboxylic acids is 1. The largest absolute Gasteiger partial charge is 0.481 e. The molecular weight excluding hydrogens is 246 g/mol. The molecule has 5 heteroatoms. The van der Waals surface area contributed by atoms with Gasteiger partial charge in [0.25, 0.3) is 0 Å². The summed E-state index contributed by atoms with van der Waals surface area (Å²) < 4.78 is 0. The first-order valence-corrected chi connectivity index (χ1v) is 7.13. The molecule has 0 aromatic rings. The predicted molar refractivity (Wildman–Crippen MR) is 71.6 cm³/mol. The minimum Gasteiger partial charge on any atom is -0.481 e. The maximum absolute atomic E-state index is 12.2. The van der Waals surface area contributed by atoms with Gasteiger partial charge in [-0.2, -0.15) is 0 Å². The summed E-state index contributed by atoms with van der Waals surface area (Å²) in [6.07, 6.45) is 3.56. The molecule has 19 heavy (non-hydrogen) atoms. The fraction of sp³-hybridized carbons (Fsp3) is 0.857. The Morgan fingerprint density at radius 3 is 2.47 bits per heavy atom. The fourth-order valence-corrected chi connectivity index (χ4v) is 2.86. The number of carboxylic acid groups (broad SMARTS) is 1. The van der Waals surface area contributed by atoms with Gasteiger partial charge in [0.2, 0.25) is 5.91 Å². The molecule has 0 saturated heterocycles. The highest BCUT2D eigenvalue weighted by Gasteiger charge is 2.42. The third-order valence-electron chi connectivity index (χ3n) is 4.08. The van der Waals surface area contributed by atoms with Gasteiger partial charge in [0.05, 0.1) is 11.8 Å². The Kier molecular flexibility index (Phi) is 6.28. The van der Waals surface area contributed by atoms with Crippen LogP contribution in [-0.4, -0.2) is 34.7 Å². The quantitative estimate of drug-likeness (QED) is 0.653. The van der Waals surface area contributed by atoms with Gasteiger partial charge < -0.3 is 15.5 Å². The standard InChI is InChI=1S/C14H25NO4/c1-3-10-7-11(12(8-10)14(18)19)13(17)15-9(2)5-4-6-16/h9-12,16H,3-8H2,1-2H3,(H,15,17)(H,18,19)/t9?,10?,11-,12+/m0/s1. The number of hydrogen-bond acceptors (Lipinski definition) is 3. The molecule has 2 unspecified atom stereocenters. The Hall–Kier alpha value is -1.10. The van der Waals surface area contributed by atoms with Gasteiger partial charge in [-0.15, -0.1) is 0 Å². The van der Waals surface area contributed by atoms with Crippen LogP contribution in [-0.2, 0) is 9.59 Å². The Labute approximate surface area is 114 Å². The molecule has 1 rings (SSSR count). The summed E-state index contributed by atoms with van der Waals surface area (Å²) in [6, 6.07) is -0.0187. The zero-order chi connectivity index (χ0) is 14.4. The topological polar surface area (TPSA) is 86.6 Å². The maximum Gasteiger partial charge on any atom is 0.307 e. The summed E-state index contributed by atoms with van der Waals surface area (Å²) in [5, 5.41) is 20.8. The third kappa shape index (κ3) is 4.49. The van der Waals surface area contributed by atoms with Crippen molar-refractivity contribution in [2.75, 3.05) is 6.61 Å². The number of aliphatic hydroxyl groups excluding tert-OH is 1. The van der Waals surface area contributed by atoms with E-state index < -0.39 is 17.8 Å². The van der Waals surface area contributed by atoms with E-state index in [1.807, 2.05) is 13.8 Å². The van der Waals surface area contributed by atoms with E-state index in [2.05, 4.69) is 5.32 Å². The first kappa shape index (κ1) is 16.0. The van der Waals surface area contributed by atoms with Crippen LogP contribution in [0.5, 0.6) is 0 Å². The van der Waals surface area contributed by atoms with E-state index in [4.69, 9.17) is 5.11 Å². The first-order valence-electron chi connectivity index (χ1n) is 7.13. The van der Waals surface area contributed by atoms with E-state index in [1.165, 1.54) is 0 Å². The van der Waals surface area contributed by atoms with Crippen molar-refractivity contribution in [3.8, 4) is 0 Å². The second-order valence-corrected chi connectivity index (χ2v) is 5.57. The van der Waals surface area contributed by atoms with Gasteiger partial charge in [0.15, 0.2) is 0 Å². The van der Waals surface area contributed by atoms with Crippen LogP contribution in [0.2, 0.25) is 0 Å². The number of amides is 1. The van der Waals surface area contributed by atoms with Crippen molar-refractivity contribution < 1.29 is 19.8 Å². The first-order chi connectivity index (χ1) is 8.99. The second-order valence-electron chi connectivity index (χ2n) is 5.57. The predicted octanol–water partition coefficient (Wildman–Crippen LogP) is 1.40. The molecule has 1 amide bonds. The highest BCUT2D eigenvalue weighted by Crippen LogP contribution is 2.38. The van der Waals surface area contributed by atoms with Crippen LogP contribution in [0, 0.1) is 17.8 Å². The minimum absolute atomic E-state index is 0.0187. The van der Waals surface area contributed by atoms with Gasteiger partial charge >= 0.3 is 5.97 Å². The average molecular weight is 271 g/mol. The highest BCUT2D eigenvalue weighted by atomic mass is 16.4. The maximum atomic E-state index is 12.2. The van der Waals surface area contributed by atoms with Crippen molar-refractivity contribution in [2.24, 2.45) is 17.8 Å². The van der Waals surface area contributed by atoms with Crippen LogP contribution < -0.4 is 5.32 Å². The molecule has 0 aliphatic heterocycles. The minimum atomic E-state index is -0.862. The molecule has 1 fully saturated rings. The Balaban J connectivity index is 2.56.